The maximum absolute atomic E-state index is 10.7. The summed E-state index contributed by atoms with van der Waals surface area (Å²) in [5.41, 5.74) is 0.583. The molecule has 1 aromatic rings. The van der Waals surface area contributed by atoms with Gasteiger partial charge in [0.1, 0.15) is 0 Å². The van der Waals surface area contributed by atoms with Gasteiger partial charge in [-0.15, -0.1) is 0 Å². The highest BCUT2D eigenvalue weighted by atomic mass is 16.5. The van der Waals surface area contributed by atoms with Gasteiger partial charge in [-0.25, -0.2) is 14.8 Å². The summed E-state index contributed by atoms with van der Waals surface area (Å²) in [5.74, 6) is -0.568. The fourth-order valence-corrected chi connectivity index (χ4v) is 1.18. The Morgan fingerprint density at radius 3 is 2.94 bits per heavy atom. The smallest absolute Gasteiger partial charge is 0.339 e. The highest BCUT2D eigenvalue weighted by molar-refractivity contribution is 5.88. The van der Waals surface area contributed by atoms with Crippen LogP contribution in [0.25, 0.3) is 0 Å². The predicted octanol–water partition coefficient (Wildman–Crippen LogP) is 0.932. The van der Waals surface area contributed by atoms with Crippen molar-refractivity contribution in [3.8, 4) is 0 Å². The highest BCUT2D eigenvalue weighted by Crippen LogP contribution is 2.06. The van der Waals surface area contributed by atoms with E-state index in [0.29, 0.717) is 24.8 Å². The van der Waals surface area contributed by atoms with E-state index in [1.54, 1.807) is 14.0 Å². The Balaban J connectivity index is 2.56. The lowest BCUT2D eigenvalue weighted by atomic mass is 10.2. The number of anilines is 1. The third-order valence-electron chi connectivity index (χ3n) is 2.02. The molecule has 16 heavy (non-hydrogen) atoms. The van der Waals surface area contributed by atoms with Gasteiger partial charge in [0.2, 0.25) is 5.95 Å². The van der Waals surface area contributed by atoms with Gasteiger partial charge in [-0.1, -0.05) is 0 Å². The van der Waals surface area contributed by atoms with Gasteiger partial charge in [0.25, 0.3) is 0 Å². The summed E-state index contributed by atoms with van der Waals surface area (Å²) in [6, 6.07) is 0. The van der Waals surface area contributed by atoms with Crippen LogP contribution in [0.1, 0.15) is 22.5 Å². The topological polar surface area (TPSA) is 84.3 Å². The van der Waals surface area contributed by atoms with E-state index < -0.39 is 5.97 Å². The van der Waals surface area contributed by atoms with E-state index in [9.17, 15) is 4.79 Å². The van der Waals surface area contributed by atoms with E-state index in [2.05, 4.69) is 15.3 Å². The molecular weight excluding hydrogens is 210 g/mol. The van der Waals surface area contributed by atoms with Crippen molar-refractivity contribution in [3.05, 3.63) is 17.5 Å². The van der Waals surface area contributed by atoms with E-state index in [-0.39, 0.29) is 5.56 Å². The number of methoxy groups -OCH3 is 1. The van der Waals surface area contributed by atoms with E-state index in [1.807, 2.05) is 0 Å². The van der Waals surface area contributed by atoms with Crippen molar-refractivity contribution < 1.29 is 14.6 Å². The summed E-state index contributed by atoms with van der Waals surface area (Å²) in [5, 5.41) is 11.8. The Hall–Kier alpha value is -1.69. The molecule has 6 heteroatoms. The van der Waals surface area contributed by atoms with Gasteiger partial charge in [-0.2, -0.15) is 0 Å². The zero-order chi connectivity index (χ0) is 12.0. The molecule has 0 unspecified atom stereocenters. The molecule has 0 aromatic carbocycles. The van der Waals surface area contributed by atoms with Crippen molar-refractivity contribution in [2.45, 2.75) is 13.3 Å². The number of aromatic carboxylic acids is 1. The molecule has 0 saturated carbocycles. The molecule has 1 aromatic heterocycles. The molecule has 0 aliphatic carbocycles. The van der Waals surface area contributed by atoms with Gasteiger partial charge in [-0.3, -0.25) is 0 Å². The Bertz CT molecular complexity index is 368. The number of carboxylic acid groups (broad SMARTS) is 1. The lowest BCUT2D eigenvalue weighted by molar-refractivity contribution is 0.0695. The number of aromatic nitrogens is 2. The standard InChI is InChI=1S/C10H15N3O3/c1-7-8(9(14)15)6-12-10(13-7)11-4-3-5-16-2/h6H,3-5H2,1-2H3,(H,14,15)(H,11,12,13). The fraction of sp³-hybridized carbons (Fsp3) is 0.500. The molecular formula is C10H15N3O3. The maximum Gasteiger partial charge on any atom is 0.339 e. The number of hydrogen-bond acceptors (Lipinski definition) is 5. The second-order valence-corrected chi connectivity index (χ2v) is 3.27. The van der Waals surface area contributed by atoms with Crippen molar-refractivity contribution in [1.29, 1.82) is 0 Å². The molecule has 1 heterocycles. The number of nitrogens with zero attached hydrogens (tertiary/aromatic N) is 2. The molecule has 0 atom stereocenters. The number of hydrogen-bond donors (Lipinski definition) is 2. The quantitative estimate of drug-likeness (QED) is 0.701. The van der Waals surface area contributed by atoms with E-state index in [0.717, 1.165) is 6.42 Å². The maximum atomic E-state index is 10.7. The molecule has 0 aliphatic rings. The van der Waals surface area contributed by atoms with Crippen LogP contribution in [0.2, 0.25) is 0 Å². The van der Waals surface area contributed by atoms with Gasteiger partial charge in [-0.05, 0) is 13.3 Å². The Kier molecular flexibility index (Phi) is 4.65. The Morgan fingerprint density at radius 1 is 1.62 bits per heavy atom. The lowest BCUT2D eigenvalue weighted by Gasteiger charge is -2.06. The van der Waals surface area contributed by atoms with Gasteiger partial charge in [0.05, 0.1) is 11.3 Å². The van der Waals surface area contributed by atoms with Crippen molar-refractivity contribution >= 4 is 11.9 Å². The van der Waals surface area contributed by atoms with Gasteiger partial charge in [0.15, 0.2) is 0 Å². The first-order valence-corrected chi connectivity index (χ1v) is 4.95. The monoisotopic (exact) mass is 225 g/mol. The molecule has 0 bridgehead atoms. The van der Waals surface area contributed by atoms with Crippen molar-refractivity contribution in [2.75, 3.05) is 25.6 Å². The first-order valence-electron chi connectivity index (χ1n) is 4.95. The van der Waals surface area contributed by atoms with Crippen molar-refractivity contribution in [3.63, 3.8) is 0 Å². The van der Waals surface area contributed by atoms with Gasteiger partial charge in [0, 0.05) is 26.5 Å². The number of carbonyl (C=O) groups is 1. The van der Waals surface area contributed by atoms with Crippen LogP contribution in [0.15, 0.2) is 6.20 Å². The SMILES string of the molecule is COCCCNc1ncc(C(=O)O)c(C)n1. The summed E-state index contributed by atoms with van der Waals surface area (Å²) in [6.45, 7) is 3.00. The number of carboxylic acids is 1. The number of nitrogens with one attached hydrogen (secondary N) is 1. The van der Waals surface area contributed by atoms with Crippen LogP contribution >= 0.6 is 0 Å². The molecule has 0 saturated heterocycles. The zero-order valence-corrected chi connectivity index (χ0v) is 9.36. The number of ether oxygens (including phenoxy) is 1. The molecule has 0 fully saturated rings. The summed E-state index contributed by atoms with van der Waals surface area (Å²) in [7, 11) is 1.64. The fourth-order valence-electron chi connectivity index (χ4n) is 1.18. The molecule has 1 rings (SSSR count). The van der Waals surface area contributed by atoms with Crippen molar-refractivity contribution in [1.82, 2.24) is 9.97 Å². The average Bonchev–Trinajstić information content (AvgIpc) is 2.24. The minimum atomic E-state index is -1.01. The van der Waals surface area contributed by atoms with Crippen LogP contribution in [0.3, 0.4) is 0 Å². The van der Waals surface area contributed by atoms with E-state index >= 15 is 0 Å². The number of rotatable bonds is 6. The first kappa shape index (κ1) is 12.4. The van der Waals surface area contributed by atoms with Crippen LogP contribution in [0.4, 0.5) is 5.95 Å². The molecule has 0 radical (unpaired) electrons. The molecule has 88 valence electrons. The Labute approximate surface area is 93.7 Å². The predicted molar refractivity (Wildman–Crippen MR) is 58.7 cm³/mol. The first-order chi connectivity index (χ1) is 7.65. The third-order valence-corrected chi connectivity index (χ3v) is 2.02. The van der Waals surface area contributed by atoms with Gasteiger partial charge >= 0.3 is 5.97 Å². The van der Waals surface area contributed by atoms with Crippen LogP contribution in [-0.2, 0) is 4.74 Å². The van der Waals surface area contributed by atoms with Crippen LogP contribution in [0.5, 0.6) is 0 Å². The molecule has 6 nitrogen and oxygen atoms in total. The van der Waals surface area contributed by atoms with Crippen LogP contribution in [-0.4, -0.2) is 41.3 Å². The normalized spacial score (nSPS) is 10.1. The van der Waals surface area contributed by atoms with Crippen molar-refractivity contribution in [2.24, 2.45) is 0 Å². The van der Waals surface area contributed by atoms with Gasteiger partial charge < -0.3 is 15.2 Å². The second kappa shape index (κ2) is 6.02. The summed E-state index contributed by atoms with van der Waals surface area (Å²) >= 11 is 0. The zero-order valence-electron chi connectivity index (χ0n) is 9.36. The van der Waals surface area contributed by atoms with E-state index in [1.165, 1.54) is 6.20 Å². The molecule has 0 amide bonds. The van der Waals surface area contributed by atoms with E-state index in [4.69, 9.17) is 9.84 Å². The largest absolute Gasteiger partial charge is 0.478 e. The number of aryl methyl sites for hydroxylation is 1. The minimum absolute atomic E-state index is 0.127. The second-order valence-electron chi connectivity index (χ2n) is 3.27. The molecule has 0 spiro atoms. The third kappa shape index (κ3) is 3.47. The summed E-state index contributed by atoms with van der Waals surface area (Å²) < 4.78 is 4.90. The Morgan fingerprint density at radius 2 is 2.38 bits per heavy atom. The minimum Gasteiger partial charge on any atom is -0.478 e. The lowest BCUT2D eigenvalue weighted by Crippen LogP contribution is -2.10. The van der Waals surface area contributed by atoms with Crippen LogP contribution in [0, 0.1) is 6.92 Å². The molecule has 0 aliphatic heterocycles. The van der Waals surface area contributed by atoms with Crippen LogP contribution < -0.4 is 5.32 Å². The summed E-state index contributed by atoms with van der Waals surface area (Å²) in [6.07, 6.45) is 2.16. The molecule has 2 N–H and O–H groups in total. The average molecular weight is 225 g/mol. The highest BCUT2D eigenvalue weighted by Gasteiger charge is 2.09. The summed E-state index contributed by atoms with van der Waals surface area (Å²) in [4.78, 5) is 18.7.